The van der Waals surface area contributed by atoms with Crippen LogP contribution in [0, 0.1) is 13.8 Å². The minimum absolute atomic E-state index is 0.0702. The van der Waals surface area contributed by atoms with Gasteiger partial charge < -0.3 is 19.7 Å². The summed E-state index contributed by atoms with van der Waals surface area (Å²) in [4.78, 5) is 15.9. The zero-order chi connectivity index (χ0) is 23.9. The first-order valence-corrected chi connectivity index (χ1v) is 11.5. The maximum Gasteiger partial charge on any atom is 0.250 e. The molecule has 9 heteroatoms. The van der Waals surface area contributed by atoms with Crippen molar-refractivity contribution >= 4 is 29.7 Å². The van der Waals surface area contributed by atoms with Gasteiger partial charge in [0.05, 0.1) is 25.5 Å². The van der Waals surface area contributed by atoms with Gasteiger partial charge in [-0.05, 0) is 57.0 Å². The van der Waals surface area contributed by atoms with Crippen LogP contribution in [0.5, 0.6) is 5.75 Å². The summed E-state index contributed by atoms with van der Waals surface area (Å²) in [5.41, 5.74) is 7.03. The van der Waals surface area contributed by atoms with Crippen molar-refractivity contribution < 1.29 is 9.47 Å². The van der Waals surface area contributed by atoms with Crippen molar-refractivity contribution in [1.82, 2.24) is 15.0 Å². The Kier molecular flexibility index (Phi) is 7.54. The molecular weight excluding hydrogens is 430 g/mol. The lowest BCUT2D eigenvalue weighted by molar-refractivity contribution is 0.122. The lowest BCUT2D eigenvalue weighted by Gasteiger charge is -2.27. The molecular formula is C25H31N7O2. The maximum atomic E-state index is 5.86. The number of para-hydroxylation sites is 1. The van der Waals surface area contributed by atoms with Crippen LogP contribution < -0.4 is 20.4 Å². The summed E-state index contributed by atoms with van der Waals surface area (Å²) in [5.74, 6) is 2.14. The SMILES string of the molecule is Cc1ccc(C)c(Nc2nc(N/N=C\c3ccccc3OC(C)C)nc(N3CCOCC3)n2)c1. The number of ether oxygens (including phenoxy) is 2. The normalized spacial score (nSPS) is 14.0. The van der Waals surface area contributed by atoms with Gasteiger partial charge in [-0.3, -0.25) is 0 Å². The highest BCUT2D eigenvalue weighted by Gasteiger charge is 2.17. The van der Waals surface area contributed by atoms with Crippen LogP contribution in [0.15, 0.2) is 47.6 Å². The zero-order valence-corrected chi connectivity index (χ0v) is 20.1. The summed E-state index contributed by atoms with van der Waals surface area (Å²) in [5, 5.41) is 7.71. The second-order valence-electron chi connectivity index (χ2n) is 8.40. The van der Waals surface area contributed by atoms with Gasteiger partial charge in [-0.2, -0.15) is 20.1 Å². The van der Waals surface area contributed by atoms with Crippen LogP contribution in [0.4, 0.5) is 23.5 Å². The molecule has 178 valence electrons. The van der Waals surface area contributed by atoms with Crippen LogP contribution in [0.1, 0.15) is 30.5 Å². The Morgan fingerprint density at radius 2 is 1.79 bits per heavy atom. The van der Waals surface area contributed by atoms with Gasteiger partial charge in [-0.1, -0.05) is 24.3 Å². The number of hydrogen-bond acceptors (Lipinski definition) is 9. The summed E-state index contributed by atoms with van der Waals surface area (Å²) in [6.45, 7) is 10.8. The van der Waals surface area contributed by atoms with Crippen LogP contribution in [-0.4, -0.2) is 53.6 Å². The van der Waals surface area contributed by atoms with E-state index in [0.29, 0.717) is 31.1 Å². The molecule has 0 bridgehead atoms. The van der Waals surface area contributed by atoms with Gasteiger partial charge in [0, 0.05) is 24.3 Å². The Morgan fingerprint density at radius 1 is 1.03 bits per heavy atom. The van der Waals surface area contributed by atoms with Crippen LogP contribution in [0.2, 0.25) is 0 Å². The van der Waals surface area contributed by atoms with E-state index in [1.54, 1.807) is 6.21 Å². The van der Waals surface area contributed by atoms with Crippen molar-refractivity contribution in [2.45, 2.75) is 33.8 Å². The molecule has 2 N–H and O–H groups in total. The second kappa shape index (κ2) is 10.9. The van der Waals surface area contributed by atoms with Crippen molar-refractivity contribution in [3.63, 3.8) is 0 Å². The van der Waals surface area contributed by atoms with Crippen molar-refractivity contribution in [2.24, 2.45) is 5.10 Å². The molecule has 1 saturated heterocycles. The minimum Gasteiger partial charge on any atom is -0.490 e. The number of hydrogen-bond donors (Lipinski definition) is 2. The average molecular weight is 462 g/mol. The van der Waals surface area contributed by atoms with Crippen LogP contribution in [0.25, 0.3) is 0 Å². The summed E-state index contributed by atoms with van der Waals surface area (Å²) < 4.78 is 11.3. The number of anilines is 4. The zero-order valence-electron chi connectivity index (χ0n) is 20.1. The third kappa shape index (κ3) is 6.20. The molecule has 0 saturated carbocycles. The number of rotatable bonds is 8. The topological polar surface area (TPSA) is 96.8 Å². The molecule has 1 aromatic heterocycles. The molecule has 1 aliphatic rings. The molecule has 0 aliphatic carbocycles. The number of aryl methyl sites for hydroxylation is 2. The van der Waals surface area contributed by atoms with Crippen molar-refractivity contribution in [2.75, 3.05) is 41.9 Å². The number of benzene rings is 2. The Hall–Kier alpha value is -3.72. The predicted molar refractivity (Wildman–Crippen MR) is 135 cm³/mol. The van der Waals surface area contributed by atoms with Gasteiger partial charge in [-0.15, -0.1) is 0 Å². The Balaban J connectivity index is 1.59. The van der Waals surface area contributed by atoms with Crippen molar-refractivity contribution in [1.29, 1.82) is 0 Å². The largest absolute Gasteiger partial charge is 0.490 e. The molecule has 0 atom stereocenters. The first-order chi connectivity index (χ1) is 16.5. The fourth-order valence-electron chi connectivity index (χ4n) is 3.47. The quantitative estimate of drug-likeness (QED) is 0.379. The summed E-state index contributed by atoms with van der Waals surface area (Å²) in [7, 11) is 0. The molecule has 0 spiro atoms. The van der Waals surface area contributed by atoms with E-state index in [2.05, 4.69) is 60.8 Å². The van der Waals surface area contributed by atoms with Gasteiger partial charge in [0.25, 0.3) is 0 Å². The van der Waals surface area contributed by atoms with E-state index in [1.165, 1.54) is 0 Å². The fraction of sp³-hybridized carbons (Fsp3) is 0.360. The molecule has 1 fully saturated rings. The smallest absolute Gasteiger partial charge is 0.250 e. The lowest BCUT2D eigenvalue weighted by atomic mass is 10.1. The lowest BCUT2D eigenvalue weighted by Crippen LogP contribution is -2.37. The van der Waals surface area contributed by atoms with Crippen LogP contribution in [-0.2, 0) is 4.74 Å². The van der Waals surface area contributed by atoms with E-state index in [-0.39, 0.29) is 6.10 Å². The minimum atomic E-state index is 0.0702. The van der Waals surface area contributed by atoms with E-state index in [9.17, 15) is 0 Å². The van der Waals surface area contributed by atoms with Gasteiger partial charge in [0.15, 0.2) is 0 Å². The summed E-state index contributed by atoms with van der Waals surface area (Å²) in [6, 6.07) is 14.0. The molecule has 0 amide bonds. The highest BCUT2D eigenvalue weighted by atomic mass is 16.5. The Bertz CT molecular complexity index is 1140. The Labute approximate surface area is 200 Å². The first kappa shape index (κ1) is 23.4. The molecule has 1 aliphatic heterocycles. The molecule has 0 unspecified atom stereocenters. The number of aromatic nitrogens is 3. The second-order valence-corrected chi connectivity index (χ2v) is 8.40. The van der Waals surface area contributed by atoms with E-state index >= 15 is 0 Å². The van der Waals surface area contributed by atoms with Crippen LogP contribution in [0.3, 0.4) is 0 Å². The van der Waals surface area contributed by atoms with E-state index in [0.717, 1.165) is 41.2 Å². The third-order valence-electron chi connectivity index (χ3n) is 5.21. The molecule has 34 heavy (non-hydrogen) atoms. The van der Waals surface area contributed by atoms with E-state index in [1.807, 2.05) is 45.0 Å². The molecule has 3 aromatic rings. The maximum absolute atomic E-state index is 5.86. The number of nitrogens with zero attached hydrogens (tertiary/aromatic N) is 5. The first-order valence-electron chi connectivity index (χ1n) is 11.5. The monoisotopic (exact) mass is 461 g/mol. The van der Waals surface area contributed by atoms with Gasteiger partial charge in [0.2, 0.25) is 17.8 Å². The molecule has 2 heterocycles. The molecule has 4 rings (SSSR count). The average Bonchev–Trinajstić information content (AvgIpc) is 2.83. The predicted octanol–water partition coefficient (Wildman–Crippen LogP) is 4.30. The number of morpholine rings is 1. The van der Waals surface area contributed by atoms with Crippen LogP contribution >= 0.6 is 0 Å². The number of nitrogens with one attached hydrogen (secondary N) is 2. The molecule has 9 nitrogen and oxygen atoms in total. The molecule has 0 radical (unpaired) electrons. The fourth-order valence-corrected chi connectivity index (χ4v) is 3.47. The Morgan fingerprint density at radius 3 is 2.59 bits per heavy atom. The summed E-state index contributed by atoms with van der Waals surface area (Å²) in [6.07, 6.45) is 1.77. The van der Waals surface area contributed by atoms with Gasteiger partial charge in [-0.25, -0.2) is 5.43 Å². The highest BCUT2D eigenvalue weighted by Crippen LogP contribution is 2.23. The van der Waals surface area contributed by atoms with Crippen molar-refractivity contribution in [3.05, 3.63) is 59.2 Å². The third-order valence-corrected chi connectivity index (χ3v) is 5.21. The molecule has 2 aromatic carbocycles. The standard InChI is InChI=1S/C25H31N7O2/c1-17(2)34-22-8-6-5-7-20(22)16-26-31-24-28-23(27-21-15-18(3)9-10-19(21)4)29-25(30-24)32-11-13-33-14-12-32/h5-10,15-17H,11-14H2,1-4H3,(H2,27,28,29,30,31)/b26-16-. The van der Waals surface area contributed by atoms with Gasteiger partial charge >= 0.3 is 0 Å². The van der Waals surface area contributed by atoms with E-state index in [4.69, 9.17) is 9.47 Å². The number of hydrazone groups is 1. The summed E-state index contributed by atoms with van der Waals surface area (Å²) >= 11 is 0. The highest BCUT2D eigenvalue weighted by molar-refractivity contribution is 5.83. The van der Waals surface area contributed by atoms with E-state index < -0.39 is 0 Å². The van der Waals surface area contributed by atoms with Crippen molar-refractivity contribution in [3.8, 4) is 5.75 Å². The van der Waals surface area contributed by atoms with Gasteiger partial charge in [0.1, 0.15) is 5.75 Å².